The predicted molar refractivity (Wildman–Crippen MR) is 103 cm³/mol. The van der Waals surface area contributed by atoms with Gasteiger partial charge in [-0.2, -0.15) is 0 Å². The average molecular weight is 403 g/mol. The Kier molecular flexibility index (Phi) is 5.21. The largest absolute Gasteiger partial charge is 0.363 e. The lowest BCUT2D eigenvalue weighted by Gasteiger charge is -2.29. The maximum absolute atomic E-state index is 14.2. The van der Waals surface area contributed by atoms with Crippen LogP contribution in [0, 0.1) is 5.82 Å². The van der Waals surface area contributed by atoms with E-state index in [1.54, 1.807) is 11.0 Å². The van der Waals surface area contributed by atoms with E-state index in [-0.39, 0.29) is 36.7 Å². The van der Waals surface area contributed by atoms with Crippen molar-refractivity contribution in [3.8, 4) is 0 Å². The summed E-state index contributed by atoms with van der Waals surface area (Å²) in [6.07, 6.45) is 0.0513. The number of carbonyl (C=O) groups excluding carboxylic acids is 1. The molecule has 1 amide bonds. The fraction of sp³-hybridized carbons (Fsp3) is 0.381. The fourth-order valence-corrected chi connectivity index (χ4v) is 5.76. The van der Waals surface area contributed by atoms with Crippen molar-refractivity contribution in [1.82, 2.24) is 4.90 Å². The van der Waals surface area contributed by atoms with Crippen LogP contribution in [0.2, 0.25) is 0 Å². The van der Waals surface area contributed by atoms with Gasteiger partial charge in [-0.1, -0.05) is 42.5 Å². The van der Waals surface area contributed by atoms with Crippen molar-refractivity contribution >= 4 is 15.7 Å². The van der Waals surface area contributed by atoms with Crippen LogP contribution in [0.25, 0.3) is 0 Å². The Hall–Kier alpha value is -2.25. The molecule has 2 aromatic rings. The Bertz CT molecular complexity index is 991. The molecule has 2 aromatic carbocycles. The summed E-state index contributed by atoms with van der Waals surface area (Å²) in [6.45, 7) is 0.739. The molecule has 7 heteroatoms. The van der Waals surface area contributed by atoms with Gasteiger partial charge in [0, 0.05) is 25.1 Å². The van der Waals surface area contributed by atoms with Crippen LogP contribution in [0.3, 0.4) is 0 Å². The highest BCUT2D eigenvalue weighted by Crippen LogP contribution is 2.31. The van der Waals surface area contributed by atoms with E-state index < -0.39 is 27.0 Å². The maximum atomic E-state index is 14.2. The van der Waals surface area contributed by atoms with Gasteiger partial charge >= 0.3 is 0 Å². The summed E-state index contributed by atoms with van der Waals surface area (Å²) in [5.41, 5.74) is 2.34. The number of halogens is 1. The van der Waals surface area contributed by atoms with Crippen LogP contribution in [0.4, 0.5) is 4.39 Å². The number of hydrogen-bond acceptors (Lipinski definition) is 4. The minimum Gasteiger partial charge on any atom is -0.363 e. The summed E-state index contributed by atoms with van der Waals surface area (Å²) < 4.78 is 45.4. The number of ether oxygens (including phenoxy) is 1. The van der Waals surface area contributed by atoms with Crippen LogP contribution >= 0.6 is 0 Å². The van der Waals surface area contributed by atoms with Crippen molar-refractivity contribution in [1.29, 1.82) is 0 Å². The minimum atomic E-state index is -3.56. The van der Waals surface area contributed by atoms with E-state index in [0.717, 1.165) is 11.1 Å². The molecule has 0 saturated carbocycles. The normalized spacial score (nSPS) is 24.2. The third kappa shape index (κ3) is 3.69. The highest BCUT2D eigenvalue weighted by molar-refractivity contribution is 7.91. The number of carbonyl (C=O) groups is 1. The van der Waals surface area contributed by atoms with Crippen molar-refractivity contribution in [3.63, 3.8) is 0 Å². The van der Waals surface area contributed by atoms with Crippen LogP contribution in [0.5, 0.6) is 0 Å². The van der Waals surface area contributed by atoms with Crippen molar-refractivity contribution in [2.24, 2.45) is 0 Å². The first kappa shape index (κ1) is 19.1. The van der Waals surface area contributed by atoms with Gasteiger partial charge in [-0.05, 0) is 23.6 Å². The van der Waals surface area contributed by atoms with Crippen LogP contribution in [0.15, 0.2) is 48.5 Å². The smallest absolute Gasteiger partial charge is 0.252 e. The third-order valence-electron chi connectivity index (χ3n) is 5.54. The van der Waals surface area contributed by atoms with Crippen LogP contribution in [-0.2, 0) is 32.4 Å². The summed E-state index contributed by atoms with van der Waals surface area (Å²) >= 11 is 0. The summed E-state index contributed by atoms with van der Waals surface area (Å²) in [7, 11) is -3.56. The molecule has 4 rings (SSSR count). The number of rotatable bonds is 2. The van der Waals surface area contributed by atoms with Crippen LogP contribution < -0.4 is 0 Å². The standard InChI is InChI=1S/C21H22FNO4S/c22-18-8-4-3-7-17(18)20-9-10-23(11-12-28(20,25)26)21(24)19-13-15-5-1-2-6-16(15)14-27-19/h1-8,19-20H,9-14H2/t19-,20-/m1/s1. The predicted octanol–water partition coefficient (Wildman–Crippen LogP) is 2.66. The SMILES string of the molecule is O=C([C@H]1Cc2ccccc2CO1)N1CC[C@H](c2ccccc2F)S(=O)(=O)CC1. The number of fused-ring (bicyclic) bond motifs is 1. The van der Waals surface area contributed by atoms with Gasteiger partial charge < -0.3 is 9.64 Å². The first-order valence-electron chi connectivity index (χ1n) is 9.39. The second-order valence-corrected chi connectivity index (χ2v) is 9.57. The molecule has 5 nitrogen and oxygen atoms in total. The van der Waals surface area contributed by atoms with E-state index in [1.165, 1.54) is 18.2 Å². The second kappa shape index (κ2) is 7.64. The fourth-order valence-electron chi connectivity index (χ4n) is 3.96. The third-order valence-corrected chi connectivity index (χ3v) is 7.65. The Morgan fingerprint density at radius 2 is 1.75 bits per heavy atom. The molecule has 0 spiro atoms. The molecule has 2 aliphatic heterocycles. The lowest BCUT2D eigenvalue weighted by molar-refractivity contribution is -0.145. The Labute approximate surface area is 164 Å². The molecule has 28 heavy (non-hydrogen) atoms. The quantitative estimate of drug-likeness (QED) is 0.773. The first-order valence-corrected chi connectivity index (χ1v) is 11.1. The summed E-state index contributed by atoms with van der Waals surface area (Å²) in [5.74, 6) is -0.900. The maximum Gasteiger partial charge on any atom is 0.252 e. The molecule has 0 radical (unpaired) electrons. The molecular weight excluding hydrogens is 381 g/mol. The zero-order valence-corrected chi connectivity index (χ0v) is 16.2. The molecule has 0 aromatic heterocycles. The number of amides is 1. The molecule has 0 N–H and O–H groups in total. The molecule has 1 fully saturated rings. The van der Waals surface area contributed by atoms with E-state index in [2.05, 4.69) is 0 Å². The molecule has 2 aliphatic rings. The van der Waals surface area contributed by atoms with E-state index in [4.69, 9.17) is 4.74 Å². The van der Waals surface area contributed by atoms with Gasteiger partial charge in [0.15, 0.2) is 9.84 Å². The summed E-state index contributed by atoms with van der Waals surface area (Å²) in [4.78, 5) is 14.5. The Balaban J connectivity index is 1.51. The molecule has 1 saturated heterocycles. The molecular formula is C21H22FNO4S. The zero-order chi connectivity index (χ0) is 19.7. The average Bonchev–Trinajstić information content (AvgIpc) is 2.85. The van der Waals surface area contributed by atoms with Crippen LogP contribution in [0.1, 0.15) is 28.4 Å². The van der Waals surface area contributed by atoms with Crippen molar-refractivity contribution in [2.75, 3.05) is 18.8 Å². The van der Waals surface area contributed by atoms with E-state index in [0.29, 0.717) is 13.0 Å². The zero-order valence-electron chi connectivity index (χ0n) is 15.4. The monoisotopic (exact) mass is 403 g/mol. The van der Waals surface area contributed by atoms with Crippen molar-refractivity contribution in [2.45, 2.75) is 30.8 Å². The number of sulfone groups is 1. The van der Waals surface area contributed by atoms with Gasteiger partial charge in [0.25, 0.3) is 5.91 Å². The summed E-state index contributed by atoms with van der Waals surface area (Å²) in [6, 6.07) is 13.8. The minimum absolute atomic E-state index is 0.105. The number of nitrogens with zero attached hydrogens (tertiary/aromatic N) is 1. The highest BCUT2D eigenvalue weighted by Gasteiger charge is 2.36. The van der Waals surface area contributed by atoms with E-state index in [1.807, 2.05) is 24.3 Å². The summed E-state index contributed by atoms with van der Waals surface area (Å²) in [5, 5.41) is -0.931. The van der Waals surface area contributed by atoms with Crippen LogP contribution in [-0.4, -0.2) is 44.2 Å². The lowest BCUT2D eigenvalue weighted by atomic mass is 9.98. The molecule has 2 atom stereocenters. The van der Waals surface area contributed by atoms with Crippen molar-refractivity contribution < 1.29 is 22.3 Å². The van der Waals surface area contributed by atoms with Gasteiger partial charge in [0.1, 0.15) is 11.9 Å². The first-order chi connectivity index (χ1) is 13.5. The second-order valence-electron chi connectivity index (χ2n) is 7.26. The van der Waals surface area contributed by atoms with Gasteiger partial charge in [-0.25, -0.2) is 12.8 Å². The topological polar surface area (TPSA) is 63.7 Å². The molecule has 0 aliphatic carbocycles. The van der Waals surface area contributed by atoms with Crippen molar-refractivity contribution in [3.05, 3.63) is 71.0 Å². The van der Waals surface area contributed by atoms with Gasteiger partial charge in [-0.3, -0.25) is 4.79 Å². The van der Waals surface area contributed by atoms with Gasteiger partial charge in [0.05, 0.1) is 17.6 Å². The Morgan fingerprint density at radius 3 is 2.54 bits per heavy atom. The number of hydrogen-bond donors (Lipinski definition) is 0. The lowest BCUT2D eigenvalue weighted by Crippen LogP contribution is -2.44. The number of benzene rings is 2. The molecule has 148 valence electrons. The molecule has 0 bridgehead atoms. The Morgan fingerprint density at radius 1 is 1.04 bits per heavy atom. The molecule has 0 unspecified atom stereocenters. The van der Waals surface area contributed by atoms with E-state index >= 15 is 0 Å². The highest BCUT2D eigenvalue weighted by atomic mass is 32.2. The van der Waals surface area contributed by atoms with E-state index in [9.17, 15) is 17.6 Å². The molecule has 2 heterocycles. The van der Waals surface area contributed by atoms with Gasteiger partial charge in [0.2, 0.25) is 0 Å². The van der Waals surface area contributed by atoms with Gasteiger partial charge in [-0.15, -0.1) is 0 Å².